The second kappa shape index (κ2) is 10.6. The summed E-state index contributed by atoms with van der Waals surface area (Å²) < 4.78 is 5.90. The van der Waals surface area contributed by atoms with E-state index in [0.717, 1.165) is 16.6 Å². The third-order valence-corrected chi connectivity index (χ3v) is 8.17. The van der Waals surface area contributed by atoms with Gasteiger partial charge in [-0.1, -0.05) is 66.7 Å². The number of carbonyl (C=O) groups excluding carboxylic acids is 3. The second-order valence-corrected chi connectivity index (χ2v) is 10.5. The summed E-state index contributed by atoms with van der Waals surface area (Å²) in [6.07, 6.45) is -0.660. The average Bonchev–Trinajstić information content (AvgIpc) is 3.43. The molecule has 0 aliphatic carbocycles. The van der Waals surface area contributed by atoms with Crippen molar-refractivity contribution in [2.45, 2.75) is 30.0 Å². The van der Waals surface area contributed by atoms with Crippen LogP contribution in [-0.2, 0) is 30.3 Å². The minimum atomic E-state index is -1.43. The SMILES string of the molecule is O=C(Cc1cccs1)NC1C(=O)N2C(C(=O)OC(c3ccccc3)c3ccccc3)C(C(=O)O)=CS[C@H]12. The molecular weight excluding hydrogens is 512 g/mol. The normalized spacial score (nSPS) is 20.5. The summed E-state index contributed by atoms with van der Waals surface area (Å²) in [6, 6.07) is 19.6. The molecule has 3 atom stereocenters. The van der Waals surface area contributed by atoms with Crippen molar-refractivity contribution in [3.8, 4) is 0 Å². The fraction of sp³-hybridized carbons (Fsp3) is 0.185. The Kier molecular flexibility index (Phi) is 7.11. The average molecular weight is 535 g/mol. The molecule has 2 unspecified atom stereocenters. The Hall–Kier alpha value is -3.89. The number of thioether (sulfide) groups is 1. The highest BCUT2D eigenvalue weighted by atomic mass is 32.2. The van der Waals surface area contributed by atoms with Crippen LogP contribution >= 0.6 is 23.1 Å². The molecule has 0 bridgehead atoms. The quantitative estimate of drug-likeness (QED) is 0.337. The minimum absolute atomic E-state index is 0.135. The van der Waals surface area contributed by atoms with Crippen molar-refractivity contribution >= 4 is 46.9 Å². The van der Waals surface area contributed by atoms with Gasteiger partial charge in [-0.15, -0.1) is 23.1 Å². The van der Waals surface area contributed by atoms with E-state index in [-0.39, 0.29) is 17.9 Å². The van der Waals surface area contributed by atoms with Crippen LogP contribution in [0.2, 0.25) is 0 Å². The van der Waals surface area contributed by atoms with Gasteiger partial charge in [0.15, 0.2) is 12.1 Å². The van der Waals surface area contributed by atoms with E-state index in [1.165, 1.54) is 21.6 Å². The van der Waals surface area contributed by atoms with Crippen molar-refractivity contribution < 1.29 is 29.0 Å². The minimum Gasteiger partial charge on any atom is -0.478 e. The lowest BCUT2D eigenvalue weighted by Crippen LogP contribution is -2.74. The molecule has 1 saturated heterocycles. The van der Waals surface area contributed by atoms with Gasteiger partial charge in [0.25, 0.3) is 0 Å². The third kappa shape index (κ3) is 5.03. The third-order valence-electron chi connectivity index (χ3n) is 6.13. The van der Waals surface area contributed by atoms with Gasteiger partial charge in [0, 0.05) is 4.88 Å². The number of fused-ring (bicyclic) bond motifs is 1. The summed E-state index contributed by atoms with van der Waals surface area (Å²) in [5.74, 6) is -3.02. The van der Waals surface area contributed by atoms with Crippen molar-refractivity contribution in [3.05, 3.63) is 105 Å². The van der Waals surface area contributed by atoms with Crippen molar-refractivity contribution in [1.82, 2.24) is 10.2 Å². The molecule has 188 valence electrons. The molecule has 5 rings (SSSR count). The van der Waals surface area contributed by atoms with E-state index in [0.29, 0.717) is 11.1 Å². The largest absolute Gasteiger partial charge is 0.478 e. The van der Waals surface area contributed by atoms with E-state index < -0.39 is 41.4 Å². The molecule has 1 aromatic heterocycles. The summed E-state index contributed by atoms with van der Waals surface area (Å²) in [5.41, 5.74) is 1.17. The van der Waals surface area contributed by atoms with E-state index in [1.807, 2.05) is 78.2 Å². The maximum absolute atomic E-state index is 13.5. The molecule has 2 aliphatic heterocycles. The van der Waals surface area contributed by atoms with Gasteiger partial charge >= 0.3 is 11.9 Å². The zero-order chi connectivity index (χ0) is 25.9. The number of carbonyl (C=O) groups is 4. The molecule has 0 saturated carbocycles. The summed E-state index contributed by atoms with van der Waals surface area (Å²) >= 11 is 2.53. The first-order chi connectivity index (χ1) is 17.9. The highest BCUT2D eigenvalue weighted by Gasteiger charge is 2.57. The van der Waals surface area contributed by atoms with Gasteiger partial charge in [-0.25, -0.2) is 9.59 Å². The number of esters is 1. The van der Waals surface area contributed by atoms with Crippen LogP contribution in [0.25, 0.3) is 0 Å². The molecule has 10 heteroatoms. The Balaban J connectivity index is 1.38. The van der Waals surface area contributed by atoms with E-state index in [4.69, 9.17) is 4.74 Å². The van der Waals surface area contributed by atoms with Crippen molar-refractivity contribution in [1.29, 1.82) is 0 Å². The molecule has 2 N–H and O–H groups in total. The maximum Gasteiger partial charge on any atom is 0.334 e. The molecule has 0 radical (unpaired) electrons. The van der Waals surface area contributed by atoms with Crippen LogP contribution in [0.3, 0.4) is 0 Å². The number of carboxylic acid groups (broad SMARTS) is 1. The molecule has 1 fully saturated rings. The van der Waals surface area contributed by atoms with Crippen LogP contribution < -0.4 is 5.32 Å². The molecule has 37 heavy (non-hydrogen) atoms. The summed E-state index contributed by atoms with van der Waals surface area (Å²) in [7, 11) is 0. The van der Waals surface area contributed by atoms with Crippen LogP contribution in [-0.4, -0.2) is 51.2 Å². The number of nitrogens with zero attached hydrogens (tertiary/aromatic N) is 1. The van der Waals surface area contributed by atoms with E-state index >= 15 is 0 Å². The lowest BCUT2D eigenvalue weighted by molar-refractivity contribution is -0.166. The van der Waals surface area contributed by atoms with Crippen LogP contribution in [0.15, 0.2) is 89.2 Å². The molecule has 3 heterocycles. The lowest BCUT2D eigenvalue weighted by atomic mass is 9.97. The highest BCUT2D eigenvalue weighted by molar-refractivity contribution is 8.03. The van der Waals surface area contributed by atoms with Crippen LogP contribution in [0.4, 0.5) is 0 Å². The first-order valence-corrected chi connectivity index (χ1v) is 13.3. The molecule has 8 nitrogen and oxygen atoms in total. The summed E-state index contributed by atoms with van der Waals surface area (Å²) in [5, 5.41) is 15.1. The highest BCUT2D eigenvalue weighted by Crippen LogP contribution is 2.41. The van der Waals surface area contributed by atoms with Crippen LogP contribution in [0.1, 0.15) is 22.1 Å². The number of nitrogens with one attached hydrogen (secondary N) is 1. The zero-order valence-corrected chi connectivity index (χ0v) is 21.0. The van der Waals surface area contributed by atoms with E-state index in [9.17, 15) is 24.3 Å². The molecule has 2 aliphatic rings. The number of hydrogen-bond donors (Lipinski definition) is 2. The fourth-order valence-corrected chi connectivity index (χ4v) is 6.28. The lowest BCUT2D eigenvalue weighted by Gasteiger charge is -2.51. The number of rotatable bonds is 8. The Labute approximate surface area is 220 Å². The Morgan fingerprint density at radius 2 is 1.62 bits per heavy atom. The van der Waals surface area contributed by atoms with E-state index in [1.54, 1.807) is 0 Å². The standard InChI is InChI=1S/C27H22N2O6S2/c30-20(14-18-12-7-13-36-18)28-21-24(31)29-22(19(26(32)33)15-37-25(21)29)27(34)35-23(16-8-3-1-4-9-16)17-10-5-2-6-11-17/h1-13,15,21-23,25H,14H2,(H,28,30)(H,32,33)/t21?,22?,25-/m1/s1. The van der Waals surface area contributed by atoms with Crippen molar-refractivity contribution in [3.63, 3.8) is 0 Å². The van der Waals surface area contributed by atoms with Gasteiger partial charge in [-0.2, -0.15) is 0 Å². The number of carboxylic acids is 1. The molecule has 2 amide bonds. The zero-order valence-electron chi connectivity index (χ0n) is 19.4. The van der Waals surface area contributed by atoms with Crippen molar-refractivity contribution in [2.24, 2.45) is 0 Å². The van der Waals surface area contributed by atoms with Gasteiger partial charge in [-0.3, -0.25) is 9.59 Å². The smallest absolute Gasteiger partial charge is 0.334 e. The summed E-state index contributed by atoms with van der Waals surface area (Å²) in [6.45, 7) is 0. The van der Waals surface area contributed by atoms with Crippen molar-refractivity contribution in [2.75, 3.05) is 0 Å². The van der Waals surface area contributed by atoms with Gasteiger partial charge < -0.3 is 20.1 Å². The number of thiophene rings is 1. The Bertz CT molecular complexity index is 1300. The molecular formula is C27H22N2O6S2. The fourth-order valence-electron chi connectivity index (χ4n) is 4.36. The van der Waals surface area contributed by atoms with E-state index in [2.05, 4.69) is 5.32 Å². The predicted molar refractivity (Wildman–Crippen MR) is 139 cm³/mol. The molecule has 0 spiro atoms. The number of aliphatic carboxylic acids is 1. The number of amides is 2. The van der Waals surface area contributed by atoms with Gasteiger partial charge in [0.1, 0.15) is 11.4 Å². The first-order valence-electron chi connectivity index (χ1n) is 11.5. The van der Waals surface area contributed by atoms with Crippen LogP contribution in [0, 0.1) is 0 Å². The monoisotopic (exact) mass is 534 g/mol. The summed E-state index contributed by atoms with van der Waals surface area (Å²) in [4.78, 5) is 53.2. The second-order valence-electron chi connectivity index (χ2n) is 8.49. The number of β-lactam (4-membered cyclic amide) rings is 1. The first kappa shape index (κ1) is 24.8. The maximum atomic E-state index is 13.5. The molecule has 3 aromatic rings. The predicted octanol–water partition coefficient (Wildman–Crippen LogP) is 3.36. The Morgan fingerprint density at radius 1 is 0.973 bits per heavy atom. The number of hydrogen-bond acceptors (Lipinski definition) is 7. The number of ether oxygens (including phenoxy) is 1. The number of benzene rings is 2. The molecule has 2 aromatic carbocycles. The van der Waals surface area contributed by atoms with Crippen LogP contribution in [0.5, 0.6) is 0 Å². The van der Waals surface area contributed by atoms with Gasteiger partial charge in [0.05, 0.1) is 12.0 Å². The topological polar surface area (TPSA) is 113 Å². The Morgan fingerprint density at radius 3 is 2.19 bits per heavy atom. The van der Waals surface area contributed by atoms with Gasteiger partial charge in [-0.05, 0) is 28.0 Å². The van der Waals surface area contributed by atoms with Gasteiger partial charge in [0.2, 0.25) is 11.8 Å².